The van der Waals surface area contributed by atoms with E-state index in [4.69, 9.17) is 5.11 Å². The van der Waals surface area contributed by atoms with Crippen LogP contribution in [0, 0.1) is 6.92 Å². The molecule has 0 aromatic heterocycles. The van der Waals surface area contributed by atoms with Crippen molar-refractivity contribution >= 4 is 17.6 Å². The molecule has 0 radical (unpaired) electrons. The zero-order valence-electron chi connectivity index (χ0n) is 9.36. The summed E-state index contributed by atoms with van der Waals surface area (Å²) in [7, 11) is 0. The Balaban J connectivity index is 3.09. The number of amides is 1. The van der Waals surface area contributed by atoms with Crippen molar-refractivity contribution in [2.75, 3.05) is 11.4 Å². The normalized spacial score (nSPS) is 11.1. The molecule has 1 aromatic rings. The number of carbonyl (C=O) groups is 2. The molecule has 0 bridgehead atoms. The van der Waals surface area contributed by atoms with Crippen LogP contribution in [0.2, 0.25) is 0 Å². The number of rotatable bonds is 3. The quantitative estimate of drug-likeness (QED) is 0.905. The predicted octanol–water partition coefficient (Wildman–Crippen LogP) is 1.97. The Morgan fingerprint density at radius 2 is 1.72 bits per heavy atom. The van der Waals surface area contributed by atoms with Gasteiger partial charge < -0.3 is 5.11 Å². The molecule has 0 fully saturated rings. The number of anilines is 1. The minimum absolute atomic E-state index is 0.106. The number of benzene rings is 1. The van der Waals surface area contributed by atoms with Crippen LogP contribution in [0.4, 0.5) is 18.9 Å². The monoisotopic (exact) mass is 261 g/mol. The van der Waals surface area contributed by atoms with Crippen molar-refractivity contribution in [3.63, 3.8) is 0 Å². The number of hydrogen-bond donors (Lipinski definition) is 1. The molecule has 0 aliphatic heterocycles. The van der Waals surface area contributed by atoms with Crippen molar-refractivity contribution in [3.8, 4) is 0 Å². The summed E-state index contributed by atoms with van der Waals surface area (Å²) in [6.07, 6.45) is -5.11. The lowest BCUT2D eigenvalue weighted by Crippen LogP contribution is -2.44. The van der Waals surface area contributed by atoms with Gasteiger partial charge >= 0.3 is 18.1 Å². The molecule has 98 valence electrons. The fourth-order valence-corrected chi connectivity index (χ4v) is 1.29. The highest BCUT2D eigenvalue weighted by Gasteiger charge is 2.43. The van der Waals surface area contributed by atoms with Crippen molar-refractivity contribution in [1.29, 1.82) is 0 Å². The molecule has 1 rings (SSSR count). The van der Waals surface area contributed by atoms with Crippen molar-refractivity contribution in [1.82, 2.24) is 0 Å². The van der Waals surface area contributed by atoms with Crippen LogP contribution in [0.5, 0.6) is 0 Å². The number of aryl methyl sites for hydroxylation is 1. The first-order chi connectivity index (χ1) is 8.21. The standard InChI is InChI=1S/C11H10F3NO3/c1-7-2-4-8(5-3-7)15(6-9(16)17)10(18)11(12,13)14/h2-5H,6H2,1H3,(H,16,17). The molecular formula is C11H10F3NO3. The number of carboxylic acids is 1. The van der Waals surface area contributed by atoms with Crippen LogP contribution in [-0.2, 0) is 9.59 Å². The number of carboxylic acid groups (broad SMARTS) is 1. The van der Waals surface area contributed by atoms with Gasteiger partial charge in [0.05, 0.1) is 0 Å². The number of aliphatic carboxylic acids is 1. The second kappa shape index (κ2) is 5.07. The minimum Gasteiger partial charge on any atom is -0.480 e. The predicted molar refractivity (Wildman–Crippen MR) is 57.2 cm³/mol. The van der Waals surface area contributed by atoms with E-state index in [1.54, 1.807) is 6.92 Å². The molecule has 1 aromatic carbocycles. The van der Waals surface area contributed by atoms with Gasteiger partial charge in [-0.1, -0.05) is 17.7 Å². The highest BCUT2D eigenvalue weighted by Crippen LogP contribution is 2.23. The lowest BCUT2D eigenvalue weighted by Gasteiger charge is -2.22. The SMILES string of the molecule is Cc1ccc(N(CC(=O)O)C(=O)C(F)(F)F)cc1. The van der Waals surface area contributed by atoms with Gasteiger partial charge in [-0.05, 0) is 19.1 Å². The van der Waals surface area contributed by atoms with Crippen molar-refractivity contribution in [2.24, 2.45) is 0 Å². The Hall–Kier alpha value is -2.05. The van der Waals surface area contributed by atoms with E-state index in [2.05, 4.69) is 0 Å². The molecule has 1 amide bonds. The highest BCUT2D eigenvalue weighted by atomic mass is 19.4. The van der Waals surface area contributed by atoms with E-state index in [1.165, 1.54) is 24.3 Å². The molecule has 0 aliphatic carbocycles. The molecule has 4 nitrogen and oxygen atoms in total. The van der Waals surface area contributed by atoms with Gasteiger partial charge in [-0.25, -0.2) is 0 Å². The van der Waals surface area contributed by atoms with Crippen LogP contribution < -0.4 is 4.90 Å². The van der Waals surface area contributed by atoms with Gasteiger partial charge in [-0.15, -0.1) is 0 Å². The first-order valence-corrected chi connectivity index (χ1v) is 4.89. The molecular weight excluding hydrogens is 251 g/mol. The van der Waals surface area contributed by atoms with Crippen LogP contribution in [-0.4, -0.2) is 29.7 Å². The molecule has 18 heavy (non-hydrogen) atoms. The zero-order chi connectivity index (χ0) is 13.9. The molecule has 0 saturated heterocycles. The van der Waals surface area contributed by atoms with Crippen LogP contribution in [0.1, 0.15) is 5.56 Å². The number of carbonyl (C=O) groups excluding carboxylic acids is 1. The number of alkyl halides is 3. The summed E-state index contributed by atoms with van der Waals surface area (Å²) >= 11 is 0. The van der Waals surface area contributed by atoms with Gasteiger partial charge in [0.1, 0.15) is 6.54 Å². The maximum absolute atomic E-state index is 12.3. The van der Waals surface area contributed by atoms with Gasteiger partial charge in [0, 0.05) is 5.69 Å². The minimum atomic E-state index is -5.11. The Labute approximate surface area is 101 Å². The van der Waals surface area contributed by atoms with Gasteiger partial charge in [0.25, 0.3) is 0 Å². The first kappa shape index (κ1) is 14.0. The fraction of sp³-hybridized carbons (Fsp3) is 0.273. The first-order valence-electron chi connectivity index (χ1n) is 4.89. The third-order valence-electron chi connectivity index (χ3n) is 2.13. The van der Waals surface area contributed by atoms with E-state index in [9.17, 15) is 22.8 Å². The van der Waals surface area contributed by atoms with E-state index < -0.39 is 24.6 Å². The molecule has 0 unspecified atom stereocenters. The summed E-state index contributed by atoms with van der Waals surface area (Å²) in [6.45, 7) is 0.679. The smallest absolute Gasteiger partial charge is 0.471 e. The summed E-state index contributed by atoms with van der Waals surface area (Å²) in [5.74, 6) is -3.72. The van der Waals surface area contributed by atoms with E-state index in [1.807, 2.05) is 0 Å². The van der Waals surface area contributed by atoms with Gasteiger partial charge in [0.15, 0.2) is 0 Å². The zero-order valence-corrected chi connectivity index (χ0v) is 9.36. The summed E-state index contributed by atoms with van der Waals surface area (Å²) in [4.78, 5) is 21.8. The number of hydrogen-bond acceptors (Lipinski definition) is 2. The van der Waals surface area contributed by atoms with Crippen molar-refractivity contribution < 1.29 is 27.9 Å². The average Bonchev–Trinajstić information content (AvgIpc) is 2.25. The van der Waals surface area contributed by atoms with Crippen LogP contribution in [0.3, 0.4) is 0 Å². The Bertz CT molecular complexity index is 454. The molecule has 0 aliphatic rings. The topological polar surface area (TPSA) is 57.6 Å². The molecule has 0 atom stereocenters. The molecule has 1 N–H and O–H groups in total. The second-order valence-corrected chi connectivity index (χ2v) is 3.62. The number of halogens is 3. The van der Waals surface area contributed by atoms with Crippen LogP contribution >= 0.6 is 0 Å². The van der Waals surface area contributed by atoms with E-state index in [-0.39, 0.29) is 10.6 Å². The van der Waals surface area contributed by atoms with Gasteiger partial charge in [0.2, 0.25) is 0 Å². The largest absolute Gasteiger partial charge is 0.480 e. The molecule has 7 heteroatoms. The Kier molecular flexibility index (Phi) is 3.95. The summed E-state index contributed by atoms with van der Waals surface area (Å²) < 4.78 is 37.0. The maximum atomic E-state index is 12.3. The second-order valence-electron chi connectivity index (χ2n) is 3.62. The third-order valence-corrected chi connectivity index (χ3v) is 2.13. The molecule has 0 saturated carbocycles. The Morgan fingerprint density at radius 3 is 2.11 bits per heavy atom. The summed E-state index contributed by atoms with van der Waals surface area (Å²) in [5, 5.41) is 8.55. The molecule has 0 heterocycles. The average molecular weight is 261 g/mol. The van der Waals surface area contributed by atoms with Crippen LogP contribution in [0.15, 0.2) is 24.3 Å². The molecule has 0 spiro atoms. The summed E-state index contributed by atoms with van der Waals surface area (Å²) in [5.41, 5.74) is 0.679. The maximum Gasteiger partial charge on any atom is 0.471 e. The van der Waals surface area contributed by atoms with Gasteiger partial charge in [-0.3, -0.25) is 14.5 Å². The van der Waals surface area contributed by atoms with E-state index in [0.717, 1.165) is 5.56 Å². The Morgan fingerprint density at radius 1 is 1.22 bits per heavy atom. The highest BCUT2D eigenvalue weighted by molar-refractivity contribution is 6.00. The lowest BCUT2D eigenvalue weighted by molar-refractivity contribution is -0.170. The van der Waals surface area contributed by atoms with Crippen LogP contribution in [0.25, 0.3) is 0 Å². The van der Waals surface area contributed by atoms with Crippen molar-refractivity contribution in [2.45, 2.75) is 13.1 Å². The summed E-state index contributed by atoms with van der Waals surface area (Å²) in [6, 6.07) is 5.52. The van der Waals surface area contributed by atoms with Crippen molar-refractivity contribution in [3.05, 3.63) is 29.8 Å². The van der Waals surface area contributed by atoms with E-state index >= 15 is 0 Å². The third kappa shape index (κ3) is 3.47. The number of nitrogens with zero attached hydrogens (tertiary/aromatic N) is 1. The van der Waals surface area contributed by atoms with Gasteiger partial charge in [-0.2, -0.15) is 13.2 Å². The fourth-order valence-electron chi connectivity index (χ4n) is 1.29. The lowest BCUT2D eigenvalue weighted by atomic mass is 10.2. The van der Waals surface area contributed by atoms with E-state index in [0.29, 0.717) is 0 Å².